The molecule has 0 unspecified atom stereocenters. The molecule has 0 radical (unpaired) electrons. The average molecular weight is 650 g/mol. The summed E-state index contributed by atoms with van der Waals surface area (Å²) in [6.45, 7) is 17.3. The molecule has 1 fully saturated rings. The maximum Gasteiger partial charge on any atom is 0.307 e. The van der Waals surface area contributed by atoms with E-state index in [1.165, 1.54) is 11.1 Å². The third-order valence-corrected chi connectivity index (χ3v) is 9.77. The number of pyridine rings is 2. The lowest BCUT2D eigenvalue weighted by atomic mass is 9.82. The SMILES string of the molecule is CC(C)(C)O.Cc1nc(C)c(-c2ccc3c(c2)CCN(c2nc4c(Cl)cncc4s2)C3)c(N2CCC(C)(C)CC2)c1CC(=O)O. The van der Waals surface area contributed by atoms with Gasteiger partial charge in [-0.05, 0) is 76.0 Å². The van der Waals surface area contributed by atoms with Crippen LogP contribution in [0.2, 0.25) is 5.02 Å². The molecule has 1 saturated heterocycles. The number of piperidine rings is 1. The molecule has 10 heteroatoms. The number of halogens is 1. The number of anilines is 2. The number of nitrogens with zero attached hydrogens (tertiary/aromatic N) is 5. The van der Waals surface area contributed by atoms with Crippen LogP contribution in [-0.2, 0) is 24.2 Å². The van der Waals surface area contributed by atoms with E-state index in [0.29, 0.717) is 10.4 Å². The zero-order valence-corrected chi connectivity index (χ0v) is 28.9. The summed E-state index contributed by atoms with van der Waals surface area (Å²) in [5, 5.41) is 19.9. The molecule has 2 aliphatic rings. The van der Waals surface area contributed by atoms with Gasteiger partial charge in [-0.25, -0.2) is 4.98 Å². The maximum absolute atomic E-state index is 11.9. The standard InChI is InChI=1S/C31H34ClN5O2S.C4H10O/c1-18-23(14-26(38)39)29(36-11-8-31(3,4)9-12-36)27(19(2)34-18)21-5-6-22-17-37(10-7-20(22)13-21)30-35-28-24(32)15-33-16-25(28)40-30;1-4(2,3)5/h5-6,13,15-16H,7-12,14,17H2,1-4H3,(H,38,39);5H,1-3H3. The minimum Gasteiger partial charge on any atom is -0.481 e. The van der Waals surface area contributed by atoms with Crippen LogP contribution in [-0.4, -0.2) is 56.4 Å². The number of aliphatic carboxylic acids is 1. The van der Waals surface area contributed by atoms with Gasteiger partial charge in [-0.15, -0.1) is 0 Å². The summed E-state index contributed by atoms with van der Waals surface area (Å²) in [4.78, 5) is 30.5. The summed E-state index contributed by atoms with van der Waals surface area (Å²) in [7, 11) is 0. The predicted octanol–water partition coefficient (Wildman–Crippen LogP) is 7.62. The number of hydrogen-bond donors (Lipinski definition) is 2. The van der Waals surface area contributed by atoms with Gasteiger partial charge in [0.25, 0.3) is 0 Å². The molecule has 0 atom stereocenters. The smallest absolute Gasteiger partial charge is 0.307 e. The number of rotatable bonds is 5. The molecule has 0 bridgehead atoms. The zero-order valence-electron chi connectivity index (χ0n) is 27.4. The second-order valence-corrected chi connectivity index (χ2v) is 15.4. The number of hydrogen-bond acceptors (Lipinski definition) is 8. The Kier molecular flexibility index (Phi) is 9.45. The van der Waals surface area contributed by atoms with Gasteiger partial charge in [-0.1, -0.05) is 55.0 Å². The molecule has 0 saturated carbocycles. The first-order chi connectivity index (χ1) is 21.1. The van der Waals surface area contributed by atoms with E-state index in [-0.39, 0.29) is 6.42 Å². The van der Waals surface area contributed by atoms with Crippen molar-refractivity contribution in [1.82, 2.24) is 15.0 Å². The van der Waals surface area contributed by atoms with Crippen molar-refractivity contribution in [3.8, 4) is 11.1 Å². The molecule has 0 spiro atoms. The molecule has 0 aliphatic carbocycles. The lowest BCUT2D eigenvalue weighted by Gasteiger charge is -2.40. The van der Waals surface area contributed by atoms with Gasteiger partial charge in [0.1, 0.15) is 5.52 Å². The molecule has 2 aliphatic heterocycles. The Bertz CT molecular complexity index is 1710. The Hall–Kier alpha value is -3.27. The first-order valence-electron chi connectivity index (χ1n) is 15.6. The topological polar surface area (TPSA) is 103 Å². The third-order valence-electron chi connectivity index (χ3n) is 8.44. The lowest BCUT2D eigenvalue weighted by molar-refractivity contribution is -0.136. The van der Waals surface area contributed by atoms with Crippen molar-refractivity contribution >= 4 is 49.9 Å². The second kappa shape index (κ2) is 12.9. The van der Waals surface area contributed by atoms with Crippen molar-refractivity contribution in [3.63, 3.8) is 0 Å². The largest absolute Gasteiger partial charge is 0.481 e. The van der Waals surface area contributed by atoms with Crippen LogP contribution in [0, 0.1) is 19.3 Å². The number of aliphatic hydroxyl groups is 1. The summed E-state index contributed by atoms with van der Waals surface area (Å²) >= 11 is 7.96. The fourth-order valence-electron chi connectivity index (χ4n) is 6.08. The van der Waals surface area contributed by atoms with Gasteiger partial charge in [0.2, 0.25) is 0 Å². The minimum absolute atomic E-state index is 0.0249. The maximum atomic E-state index is 11.9. The number of carbonyl (C=O) groups is 1. The van der Waals surface area contributed by atoms with Crippen molar-refractivity contribution < 1.29 is 15.0 Å². The number of aryl methyl sites for hydroxylation is 2. The van der Waals surface area contributed by atoms with Crippen LogP contribution >= 0.6 is 22.9 Å². The molecule has 8 nitrogen and oxygen atoms in total. The van der Waals surface area contributed by atoms with Crippen LogP contribution in [0.5, 0.6) is 0 Å². The molecule has 6 rings (SSSR count). The van der Waals surface area contributed by atoms with E-state index < -0.39 is 11.6 Å². The predicted molar refractivity (Wildman–Crippen MR) is 185 cm³/mol. The van der Waals surface area contributed by atoms with Crippen LogP contribution in [0.1, 0.15) is 75.5 Å². The molecule has 2 N–H and O–H groups in total. The van der Waals surface area contributed by atoms with Crippen molar-refractivity contribution in [3.05, 3.63) is 63.7 Å². The molecule has 1 aromatic carbocycles. The highest BCUT2D eigenvalue weighted by Gasteiger charge is 2.31. The Labute approximate surface area is 275 Å². The van der Waals surface area contributed by atoms with E-state index in [9.17, 15) is 9.90 Å². The number of carboxylic acid groups (broad SMARTS) is 1. The fraction of sp³-hybridized carbons (Fsp3) is 0.486. The van der Waals surface area contributed by atoms with Crippen LogP contribution in [0.25, 0.3) is 21.3 Å². The lowest BCUT2D eigenvalue weighted by Crippen LogP contribution is -2.38. The highest BCUT2D eigenvalue weighted by Crippen LogP contribution is 2.42. The number of thiazole rings is 1. The van der Waals surface area contributed by atoms with Gasteiger partial charge in [0.05, 0.1) is 27.4 Å². The summed E-state index contributed by atoms with van der Waals surface area (Å²) in [5.41, 5.74) is 9.03. The fourth-order valence-corrected chi connectivity index (χ4v) is 7.32. The Morgan fingerprint density at radius 3 is 2.36 bits per heavy atom. The van der Waals surface area contributed by atoms with Crippen LogP contribution < -0.4 is 9.80 Å². The van der Waals surface area contributed by atoms with Crippen molar-refractivity contribution in [2.75, 3.05) is 29.4 Å². The monoisotopic (exact) mass is 649 g/mol. The molecule has 4 aromatic rings. The zero-order chi connectivity index (χ0) is 32.7. The number of benzene rings is 1. The highest BCUT2D eigenvalue weighted by atomic mass is 35.5. The van der Waals surface area contributed by atoms with Crippen LogP contribution in [0.4, 0.5) is 10.8 Å². The van der Waals surface area contributed by atoms with E-state index in [0.717, 1.165) is 94.6 Å². The summed E-state index contributed by atoms with van der Waals surface area (Å²) < 4.78 is 0.997. The second-order valence-electron chi connectivity index (χ2n) is 14.0. The van der Waals surface area contributed by atoms with Crippen molar-refractivity contribution in [1.29, 1.82) is 0 Å². The van der Waals surface area contributed by atoms with E-state index in [2.05, 4.69) is 53.8 Å². The van der Waals surface area contributed by atoms with E-state index in [4.69, 9.17) is 26.7 Å². The molecule has 45 heavy (non-hydrogen) atoms. The van der Waals surface area contributed by atoms with E-state index in [1.807, 2.05) is 13.1 Å². The first kappa shape index (κ1) is 33.1. The van der Waals surface area contributed by atoms with Gasteiger partial charge >= 0.3 is 5.97 Å². The molecule has 3 aromatic heterocycles. The summed E-state index contributed by atoms with van der Waals surface area (Å²) in [6.07, 6.45) is 6.49. The number of fused-ring (bicyclic) bond motifs is 2. The van der Waals surface area contributed by atoms with E-state index >= 15 is 0 Å². The van der Waals surface area contributed by atoms with Gasteiger partial charge in [0.15, 0.2) is 5.13 Å². The van der Waals surface area contributed by atoms with Crippen LogP contribution in [0.15, 0.2) is 30.6 Å². The van der Waals surface area contributed by atoms with Gasteiger partial charge in [0, 0.05) is 61.1 Å². The van der Waals surface area contributed by atoms with Crippen molar-refractivity contribution in [2.45, 2.75) is 86.3 Å². The number of aromatic nitrogens is 3. The van der Waals surface area contributed by atoms with Gasteiger partial charge in [-0.2, -0.15) is 0 Å². The number of carboxylic acids is 1. The summed E-state index contributed by atoms with van der Waals surface area (Å²) in [6, 6.07) is 6.70. The summed E-state index contributed by atoms with van der Waals surface area (Å²) in [5.74, 6) is -0.823. The van der Waals surface area contributed by atoms with Crippen molar-refractivity contribution in [2.24, 2.45) is 5.41 Å². The average Bonchev–Trinajstić information content (AvgIpc) is 3.39. The Balaban J connectivity index is 0.000000743. The molecule has 5 heterocycles. The normalized spacial score (nSPS) is 16.3. The Morgan fingerprint density at radius 1 is 1.02 bits per heavy atom. The highest BCUT2D eigenvalue weighted by molar-refractivity contribution is 7.22. The first-order valence-corrected chi connectivity index (χ1v) is 16.8. The van der Waals surface area contributed by atoms with Gasteiger partial charge in [-0.3, -0.25) is 14.8 Å². The van der Waals surface area contributed by atoms with Crippen LogP contribution in [0.3, 0.4) is 0 Å². The molecular weight excluding hydrogens is 606 g/mol. The third kappa shape index (κ3) is 7.76. The van der Waals surface area contributed by atoms with Gasteiger partial charge < -0.3 is 20.0 Å². The molecule has 240 valence electrons. The van der Waals surface area contributed by atoms with E-state index in [1.54, 1.807) is 38.3 Å². The molecular formula is C35H44ClN5O3S. The Morgan fingerprint density at radius 2 is 1.71 bits per heavy atom. The minimum atomic E-state index is -0.823. The molecule has 0 amide bonds. The quantitative estimate of drug-likeness (QED) is 0.228.